The first-order valence-electron chi connectivity index (χ1n) is 36.4. The van der Waals surface area contributed by atoms with Crippen LogP contribution in [0.15, 0.2) is 134 Å². The number of hydrogen-bond donors (Lipinski definition) is 3. The van der Waals surface area contributed by atoms with E-state index in [1.807, 2.05) is 0 Å². The largest absolute Gasteiger partial charge is 0.472 e. The summed E-state index contributed by atoms with van der Waals surface area (Å²) in [4.78, 5) is 72.7. The molecule has 96 heavy (non-hydrogen) atoms. The first-order valence-corrected chi connectivity index (χ1v) is 39.4. The summed E-state index contributed by atoms with van der Waals surface area (Å²) in [7, 11) is -9.97. The summed E-state index contributed by atoms with van der Waals surface area (Å²) in [5.74, 6) is -2.29. The van der Waals surface area contributed by atoms with Crippen molar-refractivity contribution in [3.63, 3.8) is 0 Å². The Morgan fingerprint density at radius 3 is 0.854 bits per heavy atom. The summed E-state index contributed by atoms with van der Waals surface area (Å²) in [6.07, 6.45) is 74.7. The number of aliphatic hydroxyl groups excluding tert-OH is 1. The molecule has 0 rings (SSSR count). The van der Waals surface area contributed by atoms with Crippen molar-refractivity contribution in [2.75, 3.05) is 39.6 Å². The van der Waals surface area contributed by atoms with Gasteiger partial charge >= 0.3 is 39.5 Å². The quantitative estimate of drug-likeness (QED) is 0.0169. The number of carbonyl (C=O) groups is 4. The number of ether oxygens (including phenoxy) is 4. The first-order chi connectivity index (χ1) is 46.7. The summed E-state index contributed by atoms with van der Waals surface area (Å²) in [5, 5.41) is 10.6. The van der Waals surface area contributed by atoms with Crippen LogP contribution in [0.25, 0.3) is 0 Å². The van der Waals surface area contributed by atoms with Crippen LogP contribution in [-0.4, -0.2) is 96.7 Å². The molecule has 0 saturated heterocycles. The first kappa shape index (κ1) is 91.2. The van der Waals surface area contributed by atoms with Gasteiger partial charge in [-0.3, -0.25) is 37.3 Å². The van der Waals surface area contributed by atoms with Crippen molar-refractivity contribution in [1.82, 2.24) is 0 Å². The monoisotopic (exact) mass is 1390 g/mol. The molecule has 19 heteroatoms. The number of carbonyl (C=O) groups excluding carboxylic acids is 4. The van der Waals surface area contributed by atoms with Crippen LogP contribution in [0.2, 0.25) is 0 Å². The van der Waals surface area contributed by atoms with E-state index in [1.54, 1.807) is 0 Å². The summed E-state index contributed by atoms with van der Waals surface area (Å²) in [6.45, 7) is 4.38. The summed E-state index contributed by atoms with van der Waals surface area (Å²) < 4.78 is 68.2. The van der Waals surface area contributed by atoms with Gasteiger partial charge in [-0.05, 0) is 135 Å². The Hall–Kier alpha value is -4.80. The smallest absolute Gasteiger partial charge is 0.462 e. The molecule has 0 aromatic carbocycles. The normalized spacial score (nSPS) is 14.8. The molecule has 0 saturated carbocycles. The van der Waals surface area contributed by atoms with E-state index in [1.165, 1.54) is 38.5 Å². The Kier molecular flexibility index (Phi) is 65.3. The highest BCUT2D eigenvalue weighted by Crippen LogP contribution is 2.45. The second-order valence-electron chi connectivity index (χ2n) is 23.7. The number of hydrogen-bond acceptors (Lipinski definition) is 15. The van der Waals surface area contributed by atoms with Gasteiger partial charge in [0.25, 0.3) is 0 Å². The van der Waals surface area contributed by atoms with E-state index in [4.69, 9.17) is 37.0 Å². The van der Waals surface area contributed by atoms with Gasteiger partial charge in [0, 0.05) is 25.7 Å². The zero-order chi connectivity index (χ0) is 70.4. The molecule has 0 amide bonds. The van der Waals surface area contributed by atoms with E-state index in [2.05, 4.69) is 161 Å². The molecule has 0 radical (unpaired) electrons. The van der Waals surface area contributed by atoms with Crippen LogP contribution in [0.1, 0.15) is 272 Å². The fraction of sp³-hybridized carbons (Fsp3) is 0.662. The van der Waals surface area contributed by atoms with Gasteiger partial charge in [-0.25, -0.2) is 9.13 Å². The number of esters is 4. The zero-order valence-corrected chi connectivity index (χ0v) is 61.3. The highest BCUT2D eigenvalue weighted by molar-refractivity contribution is 7.47. The Bertz CT molecular complexity index is 2350. The molecule has 17 nitrogen and oxygen atoms in total. The second kappa shape index (κ2) is 68.7. The lowest BCUT2D eigenvalue weighted by Crippen LogP contribution is -2.30. The number of aliphatic hydroxyl groups is 1. The van der Waals surface area contributed by atoms with E-state index in [0.29, 0.717) is 25.7 Å². The molecule has 0 aliphatic heterocycles. The van der Waals surface area contributed by atoms with E-state index in [0.717, 1.165) is 154 Å². The molecule has 548 valence electrons. The summed E-state index contributed by atoms with van der Waals surface area (Å²) in [6, 6.07) is 0. The summed E-state index contributed by atoms with van der Waals surface area (Å²) in [5.41, 5.74) is 0. The van der Waals surface area contributed by atoms with Gasteiger partial charge in [0.2, 0.25) is 0 Å². The van der Waals surface area contributed by atoms with Crippen molar-refractivity contribution in [1.29, 1.82) is 0 Å². The Balaban J connectivity index is 5.42. The van der Waals surface area contributed by atoms with Gasteiger partial charge < -0.3 is 33.8 Å². The third-order valence-corrected chi connectivity index (χ3v) is 16.5. The van der Waals surface area contributed by atoms with Crippen LogP contribution in [0.5, 0.6) is 0 Å². The average molecular weight is 1390 g/mol. The SMILES string of the molecule is CC/C=C\C/C=C\C/C=C\C/C=C\CCCCC(=O)OCC(COP(=O)(O)OCC(O)COP(=O)(O)OCC(COC(=O)CCCC/C=C\C/C=C\C/C=C\C/C=C\CC)OC(=O)CCCCCCCCCCCCC)OC(=O)CCCCCCC/C=C\C/C=C\C/C=C\CC. The predicted molar refractivity (Wildman–Crippen MR) is 390 cm³/mol. The fourth-order valence-electron chi connectivity index (χ4n) is 9.16. The molecule has 0 fully saturated rings. The summed E-state index contributed by atoms with van der Waals surface area (Å²) >= 11 is 0. The van der Waals surface area contributed by atoms with Crippen molar-refractivity contribution in [2.24, 2.45) is 0 Å². The lowest BCUT2D eigenvalue weighted by atomic mass is 10.1. The molecular formula is C77H128O17P2. The lowest BCUT2D eigenvalue weighted by Gasteiger charge is -2.21. The van der Waals surface area contributed by atoms with E-state index in [-0.39, 0.29) is 25.7 Å². The van der Waals surface area contributed by atoms with Crippen molar-refractivity contribution in [3.05, 3.63) is 134 Å². The molecule has 0 aromatic rings. The van der Waals surface area contributed by atoms with Crippen molar-refractivity contribution >= 4 is 39.5 Å². The third-order valence-electron chi connectivity index (χ3n) is 14.6. The number of rotatable bonds is 67. The Labute approximate surface area is 580 Å². The minimum Gasteiger partial charge on any atom is -0.462 e. The van der Waals surface area contributed by atoms with Crippen LogP contribution in [0, 0.1) is 0 Å². The van der Waals surface area contributed by atoms with Crippen molar-refractivity contribution in [3.8, 4) is 0 Å². The molecule has 0 aliphatic carbocycles. The van der Waals surface area contributed by atoms with E-state index in [9.17, 15) is 43.2 Å². The van der Waals surface area contributed by atoms with Crippen LogP contribution >= 0.6 is 15.6 Å². The molecule has 0 bridgehead atoms. The number of unbranched alkanes of at least 4 members (excludes halogenated alkanes) is 19. The van der Waals surface area contributed by atoms with Gasteiger partial charge in [-0.1, -0.05) is 245 Å². The molecule has 0 heterocycles. The van der Waals surface area contributed by atoms with Gasteiger partial charge in [0.15, 0.2) is 12.2 Å². The highest BCUT2D eigenvalue weighted by atomic mass is 31.2. The van der Waals surface area contributed by atoms with Gasteiger partial charge in [-0.15, -0.1) is 0 Å². The number of phosphoric ester groups is 2. The molecule has 0 spiro atoms. The molecule has 0 aliphatic rings. The van der Waals surface area contributed by atoms with Gasteiger partial charge in [0.1, 0.15) is 19.3 Å². The maximum Gasteiger partial charge on any atom is 0.472 e. The Morgan fingerprint density at radius 1 is 0.302 bits per heavy atom. The standard InChI is InChI=1S/C77H128O17P2/c1-5-9-13-17-21-25-29-32-35-38-42-45-49-53-57-61-74(79)87-67-72(93-76(81)63-59-55-51-47-41-28-24-20-16-12-8-4)69-91-95(83,84)89-65-71(78)66-90-96(85,86)92-70-73(94-77(82)64-60-56-52-48-44-40-37-34-31-27-23-19-15-11-7-3)68-88-75(80)62-58-54-50-46-43-39-36-33-30-26-22-18-14-10-6-2/h9-11,13-15,21-23,25-27,32-37,42-43,45-46,71-73,78H,5-8,12,16-20,24,28-31,38-41,44,47-70H2,1-4H3,(H,83,84)(H,85,86)/b13-9-,14-10-,15-11-,25-21-,26-22-,27-23-,35-32-,36-33-,37-34-,45-42-,46-43-. The predicted octanol–water partition coefficient (Wildman–Crippen LogP) is 20.5. The number of phosphoric acid groups is 2. The zero-order valence-electron chi connectivity index (χ0n) is 59.5. The van der Waals surface area contributed by atoms with Crippen LogP contribution in [-0.2, 0) is 65.4 Å². The van der Waals surface area contributed by atoms with Gasteiger partial charge in [0.05, 0.1) is 26.4 Å². The molecule has 0 aromatic heterocycles. The maximum absolute atomic E-state index is 13.0. The molecule has 5 unspecified atom stereocenters. The lowest BCUT2D eigenvalue weighted by molar-refractivity contribution is -0.161. The van der Waals surface area contributed by atoms with Gasteiger partial charge in [-0.2, -0.15) is 0 Å². The topological polar surface area (TPSA) is 237 Å². The Morgan fingerprint density at radius 2 is 0.542 bits per heavy atom. The van der Waals surface area contributed by atoms with E-state index >= 15 is 0 Å². The maximum atomic E-state index is 13.0. The van der Waals surface area contributed by atoms with Crippen molar-refractivity contribution in [2.45, 2.75) is 290 Å². The minimum absolute atomic E-state index is 0.0622. The van der Waals surface area contributed by atoms with Crippen LogP contribution in [0.4, 0.5) is 0 Å². The molecule has 5 atom stereocenters. The fourth-order valence-corrected chi connectivity index (χ4v) is 10.7. The minimum atomic E-state index is -4.99. The second-order valence-corrected chi connectivity index (χ2v) is 26.7. The molecule has 3 N–H and O–H groups in total. The molecular weight excluding hydrogens is 1260 g/mol. The van der Waals surface area contributed by atoms with Crippen molar-refractivity contribution < 1.29 is 80.2 Å². The van der Waals surface area contributed by atoms with E-state index < -0.39 is 97.5 Å². The highest BCUT2D eigenvalue weighted by Gasteiger charge is 2.30. The number of allylic oxidation sites excluding steroid dienone is 22. The average Bonchev–Trinajstić information content (AvgIpc) is 1.09. The van der Waals surface area contributed by atoms with Crippen LogP contribution in [0.3, 0.4) is 0 Å². The van der Waals surface area contributed by atoms with Crippen LogP contribution < -0.4 is 0 Å². The third kappa shape index (κ3) is 67.8.